The van der Waals surface area contributed by atoms with E-state index in [-0.39, 0.29) is 11.3 Å². The molecule has 0 aromatic heterocycles. The minimum absolute atomic E-state index is 0.112. The number of ether oxygens (including phenoxy) is 1. The van der Waals surface area contributed by atoms with Crippen LogP contribution < -0.4 is 4.90 Å². The van der Waals surface area contributed by atoms with Crippen molar-refractivity contribution in [3.05, 3.63) is 33.9 Å². The molecule has 1 fully saturated rings. The number of nitro benzene ring substituents is 1. The van der Waals surface area contributed by atoms with Crippen molar-refractivity contribution in [2.24, 2.45) is 0 Å². The Bertz CT molecular complexity index is 562. The van der Waals surface area contributed by atoms with Gasteiger partial charge in [0.05, 0.1) is 11.5 Å². The summed E-state index contributed by atoms with van der Waals surface area (Å²) in [6.45, 7) is 7.92. The molecule has 0 spiro atoms. The fourth-order valence-corrected chi connectivity index (χ4v) is 2.54. The first-order chi connectivity index (χ1) is 10.7. The summed E-state index contributed by atoms with van der Waals surface area (Å²) in [5.74, 6) is 0. The maximum atomic E-state index is 10.9. The average molecular weight is 304 g/mol. The van der Waals surface area contributed by atoms with Crippen molar-refractivity contribution in [2.45, 2.75) is 6.92 Å². The Morgan fingerprint density at radius 1 is 1.36 bits per heavy atom. The van der Waals surface area contributed by atoms with Crippen LogP contribution in [0.3, 0.4) is 0 Å². The van der Waals surface area contributed by atoms with E-state index in [0.717, 1.165) is 51.6 Å². The molecular weight excluding hydrogens is 284 g/mol. The van der Waals surface area contributed by atoms with Gasteiger partial charge in [-0.1, -0.05) is 0 Å². The van der Waals surface area contributed by atoms with Gasteiger partial charge in [-0.2, -0.15) is 5.26 Å². The summed E-state index contributed by atoms with van der Waals surface area (Å²) in [5.41, 5.74) is 0.842. The second-order valence-corrected chi connectivity index (χ2v) is 5.10. The first-order valence-electron chi connectivity index (χ1n) is 7.39. The number of hydrogen-bond donors (Lipinski definition) is 0. The summed E-state index contributed by atoms with van der Waals surface area (Å²) in [5, 5.41) is 19.9. The van der Waals surface area contributed by atoms with Gasteiger partial charge in [-0.3, -0.25) is 15.0 Å². The molecule has 0 unspecified atom stereocenters. The van der Waals surface area contributed by atoms with Crippen molar-refractivity contribution in [3.63, 3.8) is 0 Å². The van der Waals surface area contributed by atoms with Gasteiger partial charge in [0.2, 0.25) is 0 Å². The summed E-state index contributed by atoms with van der Waals surface area (Å²) >= 11 is 0. The predicted octanol–water partition coefficient (Wildman–Crippen LogP) is 1.62. The van der Waals surface area contributed by atoms with E-state index in [1.165, 1.54) is 6.07 Å². The van der Waals surface area contributed by atoms with Crippen LogP contribution in [0.2, 0.25) is 0 Å². The Kier molecular flexibility index (Phi) is 5.69. The van der Waals surface area contributed by atoms with Crippen LogP contribution in [0.1, 0.15) is 12.5 Å². The van der Waals surface area contributed by atoms with Crippen LogP contribution in [0.4, 0.5) is 11.4 Å². The van der Waals surface area contributed by atoms with Gasteiger partial charge in [0.1, 0.15) is 11.6 Å². The monoisotopic (exact) mass is 304 g/mol. The van der Waals surface area contributed by atoms with Gasteiger partial charge < -0.3 is 9.64 Å². The first-order valence-corrected chi connectivity index (χ1v) is 7.39. The van der Waals surface area contributed by atoms with E-state index in [9.17, 15) is 10.1 Å². The Labute approximate surface area is 129 Å². The molecule has 0 saturated carbocycles. The molecule has 22 heavy (non-hydrogen) atoms. The summed E-state index contributed by atoms with van der Waals surface area (Å²) in [6, 6.07) is 6.64. The van der Waals surface area contributed by atoms with Crippen molar-refractivity contribution in [2.75, 3.05) is 50.8 Å². The molecule has 1 heterocycles. The lowest BCUT2D eigenvalue weighted by molar-refractivity contribution is -0.385. The quantitative estimate of drug-likeness (QED) is 0.451. The highest BCUT2D eigenvalue weighted by Crippen LogP contribution is 2.25. The molecule has 2 rings (SSSR count). The lowest BCUT2D eigenvalue weighted by Crippen LogP contribution is -2.47. The highest BCUT2D eigenvalue weighted by atomic mass is 16.6. The lowest BCUT2D eigenvalue weighted by atomic mass is 10.1. The Balaban J connectivity index is 1.97. The maximum absolute atomic E-state index is 10.9. The standard InChI is InChI=1S/C15H20N4O3/c1-2-22-10-9-17-5-7-18(8-6-17)14-3-4-15(19(20)21)13(11-14)12-16/h3-4,11H,2,5-10H2,1H3. The van der Waals surface area contributed by atoms with Crippen LogP contribution in [-0.2, 0) is 4.74 Å². The van der Waals surface area contributed by atoms with Crippen molar-refractivity contribution < 1.29 is 9.66 Å². The zero-order valence-electron chi connectivity index (χ0n) is 12.7. The molecule has 1 aromatic rings. The third-order valence-electron chi connectivity index (χ3n) is 3.79. The third-order valence-corrected chi connectivity index (χ3v) is 3.79. The van der Waals surface area contributed by atoms with Gasteiger partial charge >= 0.3 is 0 Å². The van der Waals surface area contributed by atoms with Gasteiger partial charge in [-0.25, -0.2) is 0 Å². The van der Waals surface area contributed by atoms with Crippen molar-refractivity contribution in [3.8, 4) is 6.07 Å². The molecule has 1 saturated heterocycles. The van der Waals surface area contributed by atoms with Crippen LogP contribution in [-0.4, -0.2) is 55.8 Å². The van der Waals surface area contributed by atoms with E-state index >= 15 is 0 Å². The fourth-order valence-electron chi connectivity index (χ4n) is 2.54. The van der Waals surface area contributed by atoms with Crippen molar-refractivity contribution in [1.82, 2.24) is 4.90 Å². The highest BCUT2D eigenvalue weighted by Gasteiger charge is 2.20. The molecule has 1 aromatic carbocycles. The predicted molar refractivity (Wildman–Crippen MR) is 83.0 cm³/mol. The minimum Gasteiger partial charge on any atom is -0.380 e. The fraction of sp³-hybridized carbons (Fsp3) is 0.533. The largest absolute Gasteiger partial charge is 0.380 e. The number of hydrogen-bond acceptors (Lipinski definition) is 6. The Morgan fingerprint density at radius 2 is 2.09 bits per heavy atom. The number of nitriles is 1. The van der Waals surface area contributed by atoms with E-state index in [4.69, 9.17) is 10.00 Å². The van der Waals surface area contributed by atoms with Crippen LogP contribution >= 0.6 is 0 Å². The van der Waals surface area contributed by atoms with Crippen LogP contribution in [0.5, 0.6) is 0 Å². The normalized spacial score (nSPS) is 15.5. The summed E-state index contributed by atoms with van der Waals surface area (Å²) in [7, 11) is 0. The van der Waals surface area contributed by atoms with E-state index in [0.29, 0.717) is 0 Å². The first kappa shape index (κ1) is 16.2. The van der Waals surface area contributed by atoms with E-state index in [2.05, 4.69) is 9.80 Å². The van der Waals surface area contributed by atoms with Crippen molar-refractivity contribution >= 4 is 11.4 Å². The Morgan fingerprint density at radius 3 is 2.68 bits per heavy atom. The summed E-state index contributed by atoms with van der Waals surface area (Å²) in [4.78, 5) is 14.8. The van der Waals surface area contributed by atoms with Gasteiger partial charge in [0.15, 0.2) is 0 Å². The van der Waals surface area contributed by atoms with E-state index in [1.807, 2.05) is 13.0 Å². The molecule has 118 valence electrons. The second kappa shape index (κ2) is 7.73. The minimum atomic E-state index is -0.520. The molecule has 0 N–H and O–H groups in total. The number of benzene rings is 1. The third kappa shape index (κ3) is 3.93. The zero-order chi connectivity index (χ0) is 15.9. The van der Waals surface area contributed by atoms with E-state index in [1.54, 1.807) is 12.1 Å². The number of rotatable bonds is 6. The highest BCUT2D eigenvalue weighted by molar-refractivity contribution is 5.60. The lowest BCUT2D eigenvalue weighted by Gasteiger charge is -2.36. The smallest absolute Gasteiger partial charge is 0.287 e. The van der Waals surface area contributed by atoms with Crippen molar-refractivity contribution in [1.29, 1.82) is 5.26 Å². The summed E-state index contributed by atoms with van der Waals surface area (Å²) in [6.07, 6.45) is 0. The topological polar surface area (TPSA) is 82.6 Å². The molecule has 0 aliphatic carbocycles. The maximum Gasteiger partial charge on any atom is 0.287 e. The van der Waals surface area contributed by atoms with E-state index < -0.39 is 4.92 Å². The number of piperazine rings is 1. The van der Waals surface area contributed by atoms with Gasteiger partial charge in [-0.05, 0) is 19.1 Å². The molecule has 0 bridgehead atoms. The molecule has 0 amide bonds. The second-order valence-electron chi connectivity index (χ2n) is 5.10. The Hall–Kier alpha value is -2.17. The number of nitro groups is 1. The average Bonchev–Trinajstić information content (AvgIpc) is 2.55. The molecule has 7 heteroatoms. The molecule has 7 nitrogen and oxygen atoms in total. The van der Waals surface area contributed by atoms with Gasteiger partial charge in [0, 0.05) is 51.1 Å². The van der Waals surface area contributed by atoms with Gasteiger partial charge in [-0.15, -0.1) is 0 Å². The number of anilines is 1. The van der Waals surface area contributed by atoms with Crippen LogP contribution in [0.15, 0.2) is 18.2 Å². The van der Waals surface area contributed by atoms with Crippen LogP contribution in [0, 0.1) is 21.4 Å². The van der Waals surface area contributed by atoms with Gasteiger partial charge in [0.25, 0.3) is 5.69 Å². The molecule has 1 aliphatic heterocycles. The molecular formula is C15H20N4O3. The van der Waals surface area contributed by atoms with Crippen LogP contribution in [0.25, 0.3) is 0 Å². The molecule has 1 aliphatic rings. The zero-order valence-corrected chi connectivity index (χ0v) is 12.7. The molecule has 0 radical (unpaired) electrons. The SMILES string of the molecule is CCOCCN1CCN(c2ccc([N+](=O)[O-])c(C#N)c2)CC1. The molecule has 0 atom stereocenters. The summed E-state index contributed by atoms with van der Waals surface area (Å²) < 4.78 is 5.36. The number of nitrogens with zero attached hydrogens (tertiary/aromatic N) is 4.